The molecule has 0 unspecified atom stereocenters. The van der Waals surface area contributed by atoms with Gasteiger partial charge in [0, 0.05) is 13.1 Å². The second-order valence-electron chi connectivity index (χ2n) is 5.31. The van der Waals surface area contributed by atoms with Crippen molar-refractivity contribution in [3.05, 3.63) is 0 Å². The van der Waals surface area contributed by atoms with Gasteiger partial charge < -0.3 is 19.3 Å². The van der Waals surface area contributed by atoms with Crippen LogP contribution in [0.3, 0.4) is 0 Å². The Bertz CT molecular complexity index is 364. The van der Waals surface area contributed by atoms with Gasteiger partial charge in [-0.3, -0.25) is 4.79 Å². The molecule has 7 nitrogen and oxygen atoms in total. The Hall–Kier alpha value is -1.79. The van der Waals surface area contributed by atoms with Gasteiger partial charge in [-0.05, 0) is 20.8 Å². The van der Waals surface area contributed by atoms with Crippen molar-refractivity contribution in [1.82, 2.24) is 9.80 Å². The Morgan fingerprint density at radius 2 is 1.89 bits per heavy atom. The molecular weight excluding hydrogens is 252 g/mol. The topological polar surface area (TPSA) is 76.2 Å². The molecule has 108 valence electrons. The molecule has 1 saturated heterocycles. The average molecular weight is 272 g/mol. The lowest BCUT2D eigenvalue weighted by atomic mass is 10.2. The van der Waals surface area contributed by atoms with Gasteiger partial charge >= 0.3 is 12.1 Å². The van der Waals surface area contributed by atoms with E-state index in [0.717, 1.165) is 0 Å². The third-order valence-electron chi connectivity index (χ3n) is 2.68. The Balaban J connectivity index is 2.72. The lowest BCUT2D eigenvalue weighted by Crippen LogP contribution is -2.58. The van der Waals surface area contributed by atoms with E-state index in [4.69, 9.17) is 4.74 Å². The van der Waals surface area contributed by atoms with Gasteiger partial charge in [0.05, 0.1) is 13.7 Å². The van der Waals surface area contributed by atoms with E-state index < -0.39 is 23.7 Å². The van der Waals surface area contributed by atoms with Crippen molar-refractivity contribution in [1.29, 1.82) is 0 Å². The Labute approximate surface area is 112 Å². The summed E-state index contributed by atoms with van der Waals surface area (Å²) in [5, 5.41) is 0. The van der Waals surface area contributed by atoms with E-state index >= 15 is 0 Å². The van der Waals surface area contributed by atoms with Crippen molar-refractivity contribution in [2.24, 2.45) is 0 Å². The summed E-state index contributed by atoms with van der Waals surface area (Å²) in [5.74, 6) is -0.541. The van der Waals surface area contributed by atoms with E-state index in [-0.39, 0.29) is 13.1 Å². The van der Waals surface area contributed by atoms with Crippen LogP contribution >= 0.6 is 0 Å². The molecule has 1 fully saturated rings. The summed E-state index contributed by atoms with van der Waals surface area (Å²) >= 11 is 0. The molecule has 7 heteroatoms. The number of hydrogen-bond acceptors (Lipinski definition) is 5. The molecule has 0 aliphatic carbocycles. The van der Waals surface area contributed by atoms with Gasteiger partial charge in [0.25, 0.3) is 0 Å². The number of hydrogen-bond donors (Lipinski definition) is 0. The molecule has 1 heterocycles. The van der Waals surface area contributed by atoms with E-state index in [2.05, 4.69) is 4.74 Å². The zero-order valence-corrected chi connectivity index (χ0v) is 11.7. The molecule has 19 heavy (non-hydrogen) atoms. The lowest BCUT2D eigenvalue weighted by molar-refractivity contribution is -0.152. The first-order valence-electron chi connectivity index (χ1n) is 6.05. The predicted octanol–water partition coefficient (Wildman–Crippen LogP) is 0.237. The highest BCUT2D eigenvalue weighted by atomic mass is 16.6. The third-order valence-corrected chi connectivity index (χ3v) is 2.68. The number of methoxy groups -OCH3 is 1. The number of ether oxygens (including phenoxy) is 2. The third kappa shape index (κ3) is 4.11. The molecule has 0 radical (unpaired) electrons. The lowest BCUT2D eigenvalue weighted by Gasteiger charge is -2.38. The zero-order chi connectivity index (χ0) is 14.6. The van der Waals surface area contributed by atoms with Gasteiger partial charge in [-0.15, -0.1) is 0 Å². The van der Waals surface area contributed by atoms with Gasteiger partial charge in [0.2, 0.25) is 6.41 Å². The Morgan fingerprint density at radius 3 is 2.37 bits per heavy atom. The van der Waals surface area contributed by atoms with Gasteiger partial charge in [0.15, 0.2) is 0 Å². The summed E-state index contributed by atoms with van der Waals surface area (Å²) in [6, 6.07) is -0.774. The largest absolute Gasteiger partial charge is 0.467 e. The SMILES string of the molecule is COC(=O)[C@H]1CN(C(=O)OC(C)(C)C)CCN1C=O. The molecule has 1 atom stereocenters. The fourth-order valence-electron chi connectivity index (χ4n) is 1.76. The van der Waals surface area contributed by atoms with E-state index in [1.807, 2.05) is 0 Å². The highest BCUT2D eigenvalue weighted by Crippen LogP contribution is 2.14. The minimum atomic E-state index is -0.774. The van der Waals surface area contributed by atoms with Crippen LogP contribution in [-0.4, -0.2) is 66.7 Å². The number of rotatable bonds is 2. The van der Waals surface area contributed by atoms with Crippen molar-refractivity contribution in [2.45, 2.75) is 32.4 Å². The highest BCUT2D eigenvalue weighted by Gasteiger charge is 2.35. The first kappa shape index (κ1) is 15.3. The van der Waals surface area contributed by atoms with Crippen molar-refractivity contribution in [2.75, 3.05) is 26.7 Å². The molecule has 0 aromatic heterocycles. The van der Waals surface area contributed by atoms with Crippen LogP contribution in [0.1, 0.15) is 20.8 Å². The summed E-state index contributed by atoms with van der Waals surface area (Å²) in [7, 11) is 1.25. The maximum Gasteiger partial charge on any atom is 0.410 e. The van der Waals surface area contributed by atoms with Crippen molar-refractivity contribution < 1.29 is 23.9 Å². The average Bonchev–Trinajstić information content (AvgIpc) is 2.35. The molecule has 0 aromatic carbocycles. The van der Waals surface area contributed by atoms with Gasteiger partial charge in [0.1, 0.15) is 11.6 Å². The van der Waals surface area contributed by atoms with Gasteiger partial charge in [-0.25, -0.2) is 9.59 Å². The highest BCUT2D eigenvalue weighted by molar-refractivity contribution is 5.80. The van der Waals surface area contributed by atoms with Crippen molar-refractivity contribution >= 4 is 18.5 Å². The fraction of sp³-hybridized carbons (Fsp3) is 0.750. The predicted molar refractivity (Wildman–Crippen MR) is 66.4 cm³/mol. The second kappa shape index (κ2) is 5.90. The minimum Gasteiger partial charge on any atom is -0.467 e. The number of nitrogens with zero attached hydrogens (tertiary/aromatic N) is 2. The molecule has 0 aromatic rings. The number of piperazine rings is 1. The van der Waals surface area contributed by atoms with Gasteiger partial charge in [-0.2, -0.15) is 0 Å². The summed E-state index contributed by atoms with van der Waals surface area (Å²) in [4.78, 5) is 37.1. The number of carbonyl (C=O) groups excluding carboxylic acids is 3. The minimum absolute atomic E-state index is 0.0837. The van der Waals surface area contributed by atoms with E-state index in [0.29, 0.717) is 13.0 Å². The monoisotopic (exact) mass is 272 g/mol. The molecule has 0 spiro atoms. The number of amides is 2. The van der Waals surface area contributed by atoms with E-state index in [9.17, 15) is 14.4 Å². The van der Waals surface area contributed by atoms with Crippen LogP contribution in [-0.2, 0) is 19.1 Å². The first-order chi connectivity index (χ1) is 8.78. The first-order valence-corrected chi connectivity index (χ1v) is 6.05. The summed E-state index contributed by atoms with van der Waals surface area (Å²) in [6.45, 7) is 6.00. The van der Waals surface area contributed by atoms with Crippen LogP contribution in [0.4, 0.5) is 4.79 Å². The van der Waals surface area contributed by atoms with Crippen LogP contribution in [0.25, 0.3) is 0 Å². The molecule has 1 aliphatic rings. The van der Waals surface area contributed by atoms with Crippen molar-refractivity contribution in [3.63, 3.8) is 0 Å². The maximum absolute atomic E-state index is 11.9. The molecular formula is C12H20N2O5. The normalized spacial score (nSPS) is 19.9. The van der Waals surface area contributed by atoms with Gasteiger partial charge in [-0.1, -0.05) is 0 Å². The molecule has 1 aliphatic heterocycles. The maximum atomic E-state index is 11.9. The fourth-order valence-corrected chi connectivity index (χ4v) is 1.76. The number of carbonyl (C=O) groups is 3. The smallest absolute Gasteiger partial charge is 0.410 e. The molecule has 0 bridgehead atoms. The van der Waals surface area contributed by atoms with E-state index in [1.165, 1.54) is 16.9 Å². The summed E-state index contributed by atoms with van der Waals surface area (Å²) < 4.78 is 9.87. The Kier molecular flexibility index (Phi) is 4.74. The standard InChI is InChI=1S/C12H20N2O5/c1-12(2,3)19-11(17)13-5-6-14(8-15)9(7-13)10(16)18-4/h8-9H,5-7H2,1-4H3/t9-/m1/s1. The van der Waals surface area contributed by atoms with Crippen LogP contribution in [0, 0.1) is 0 Å². The van der Waals surface area contributed by atoms with Crippen LogP contribution < -0.4 is 0 Å². The molecule has 2 amide bonds. The van der Waals surface area contributed by atoms with Crippen LogP contribution in [0.5, 0.6) is 0 Å². The van der Waals surface area contributed by atoms with Crippen molar-refractivity contribution in [3.8, 4) is 0 Å². The summed E-state index contributed by atoms with van der Waals surface area (Å²) in [6.07, 6.45) is 0.0977. The molecule has 0 N–H and O–H groups in total. The van der Waals surface area contributed by atoms with Crippen LogP contribution in [0.15, 0.2) is 0 Å². The second-order valence-corrected chi connectivity index (χ2v) is 5.31. The van der Waals surface area contributed by atoms with E-state index in [1.54, 1.807) is 20.8 Å². The molecule has 1 rings (SSSR count). The number of esters is 1. The quantitative estimate of drug-likeness (QED) is 0.531. The Morgan fingerprint density at radius 1 is 1.26 bits per heavy atom. The molecule has 0 saturated carbocycles. The zero-order valence-electron chi connectivity index (χ0n) is 11.7. The van der Waals surface area contributed by atoms with Crippen LogP contribution in [0.2, 0.25) is 0 Å². The summed E-state index contributed by atoms with van der Waals surface area (Å²) in [5.41, 5.74) is -0.598.